The Morgan fingerprint density at radius 2 is 2.11 bits per heavy atom. The zero-order valence-corrected chi connectivity index (χ0v) is 18.8. The highest BCUT2D eigenvalue weighted by Gasteiger charge is 2.29. The predicted octanol–water partition coefficient (Wildman–Crippen LogP) is 5.69. The van der Waals surface area contributed by atoms with Crippen LogP contribution in [-0.2, 0) is 6.54 Å². The average molecular weight is 508 g/mol. The van der Waals surface area contributed by atoms with Gasteiger partial charge in [0.05, 0.1) is 8.58 Å². The molecule has 0 atom stereocenters. The van der Waals surface area contributed by atoms with Crippen molar-refractivity contribution < 1.29 is 9.90 Å². The fourth-order valence-corrected chi connectivity index (χ4v) is 6.30. The van der Waals surface area contributed by atoms with Gasteiger partial charge in [-0.2, -0.15) is 0 Å². The molecule has 1 aliphatic carbocycles. The van der Waals surface area contributed by atoms with Crippen LogP contribution in [0.4, 0.5) is 0 Å². The van der Waals surface area contributed by atoms with Crippen LogP contribution in [0.2, 0.25) is 0 Å². The third-order valence-corrected chi connectivity index (χ3v) is 7.77. The summed E-state index contributed by atoms with van der Waals surface area (Å²) < 4.78 is 1.05. The van der Waals surface area contributed by atoms with E-state index in [-0.39, 0.29) is 0 Å². The molecule has 0 radical (unpaired) electrons. The predicted molar refractivity (Wildman–Crippen MR) is 122 cm³/mol. The fraction of sp³-hybridized carbons (Fsp3) is 0.455. The maximum absolute atomic E-state index is 11.8. The van der Waals surface area contributed by atoms with Crippen LogP contribution in [0.15, 0.2) is 36.0 Å². The summed E-state index contributed by atoms with van der Waals surface area (Å²) in [6.45, 7) is 2.74. The number of halogens is 1. The molecule has 4 nitrogen and oxygen atoms in total. The molecular weight excluding hydrogens is 483 g/mol. The monoisotopic (exact) mass is 508 g/mol. The van der Waals surface area contributed by atoms with Gasteiger partial charge in [-0.3, -0.25) is 9.88 Å². The number of aromatic nitrogens is 1. The number of carboxylic acid groups (broad SMARTS) is 1. The lowest BCUT2D eigenvalue weighted by molar-refractivity contribution is 0.0702. The van der Waals surface area contributed by atoms with Crippen molar-refractivity contribution in [3.8, 4) is 0 Å². The molecule has 0 amide bonds. The highest BCUT2D eigenvalue weighted by molar-refractivity contribution is 14.1. The topological polar surface area (TPSA) is 53.4 Å². The number of aromatic carboxylic acids is 1. The number of thiophene rings is 1. The molecule has 1 fully saturated rings. The number of carboxylic acids is 1. The first-order chi connectivity index (χ1) is 13.6. The summed E-state index contributed by atoms with van der Waals surface area (Å²) in [6, 6.07) is 8.17. The van der Waals surface area contributed by atoms with Crippen LogP contribution >= 0.6 is 33.9 Å². The number of pyridine rings is 1. The molecule has 2 aliphatic rings. The molecule has 3 heterocycles. The number of rotatable bonds is 5. The molecule has 2 aromatic rings. The summed E-state index contributed by atoms with van der Waals surface area (Å²) in [7, 11) is 0. The highest BCUT2D eigenvalue weighted by Crippen LogP contribution is 2.41. The molecule has 148 valence electrons. The molecule has 6 heteroatoms. The van der Waals surface area contributed by atoms with E-state index < -0.39 is 5.97 Å². The number of hydrogen-bond acceptors (Lipinski definition) is 4. The molecule has 0 unspecified atom stereocenters. The van der Waals surface area contributed by atoms with Crippen molar-refractivity contribution in [2.75, 3.05) is 13.1 Å². The maximum atomic E-state index is 11.8. The number of carbonyl (C=O) groups is 1. The van der Waals surface area contributed by atoms with E-state index in [9.17, 15) is 9.90 Å². The second-order valence-electron chi connectivity index (χ2n) is 7.72. The third-order valence-electron chi connectivity index (χ3n) is 5.89. The van der Waals surface area contributed by atoms with Gasteiger partial charge in [0, 0.05) is 31.4 Å². The Hall–Kier alpha value is -1.25. The van der Waals surface area contributed by atoms with Crippen LogP contribution < -0.4 is 0 Å². The van der Waals surface area contributed by atoms with Gasteiger partial charge in [0.2, 0.25) is 0 Å². The quantitative estimate of drug-likeness (QED) is 0.528. The van der Waals surface area contributed by atoms with E-state index in [0.717, 1.165) is 40.2 Å². The van der Waals surface area contributed by atoms with Gasteiger partial charge >= 0.3 is 5.97 Å². The summed E-state index contributed by atoms with van der Waals surface area (Å²) in [4.78, 5) is 19.3. The molecule has 0 spiro atoms. The molecule has 1 saturated carbocycles. The van der Waals surface area contributed by atoms with E-state index in [1.54, 1.807) is 0 Å². The minimum absolute atomic E-state index is 0.505. The van der Waals surface area contributed by atoms with Crippen molar-refractivity contribution in [1.82, 2.24) is 9.88 Å². The smallest absolute Gasteiger partial charge is 0.346 e. The van der Waals surface area contributed by atoms with Crippen molar-refractivity contribution in [3.05, 3.63) is 55.1 Å². The highest BCUT2D eigenvalue weighted by atomic mass is 127. The van der Waals surface area contributed by atoms with Gasteiger partial charge in [0.15, 0.2) is 0 Å². The summed E-state index contributed by atoms with van der Waals surface area (Å²) in [5.41, 5.74) is 4.87. The fourth-order valence-electron chi connectivity index (χ4n) is 4.58. The van der Waals surface area contributed by atoms with Crippen molar-refractivity contribution in [1.29, 1.82) is 0 Å². The minimum atomic E-state index is -0.797. The number of nitrogens with zero attached hydrogens (tertiary/aromatic N) is 2. The molecule has 2 aromatic heterocycles. The van der Waals surface area contributed by atoms with Crippen LogP contribution in [0.3, 0.4) is 0 Å². The largest absolute Gasteiger partial charge is 0.477 e. The van der Waals surface area contributed by atoms with Crippen LogP contribution in [-0.4, -0.2) is 34.0 Å². The average Bonchev–Trinajstić information content (AvgIpc) is 3.11. The Labute approximate surface area is 183 Å². The molecule has 0 saturated heterocycles. The van der Waals surface area contributed by atoms with Crippen molar-refractivity contribution in [2.45, 2.75) is 45.1 Å². The first kappa shape index (κ1) is 20.0. The minimum Gasteiger partial charge on any atom is -0.477 e. The lowest BCUT2D eigenvalue weighted by Crippen LogP contribution is -2.34. The van der Waals surface area contributed by atoms with Crippen LogP contribution in [0.25, 0.3) is 5.57 Å². The van der Waals surface area contributed by atoms with Gasteiger partial charge in [0.1, 0.15) is 4.88 Å². The molecule has 0 bridgehead atoms. The second-order valence-corrected chi connectivity index (χ2v) is 10.7. The zero-order valence-electron chi connectivity index (χ0n) is 15.9. The van der Waals surface area contributed by atoms with E-state index >= 15 is 0 Å². The van der Waals surface area contributed by atoms with Crippen LogP contribution in [0, 0.1) is 8.80 Å². The third kappa shape index (κ3) is 4.49. The Morgan fingerprint density at radius 1 is 1.29 bits per heavy atom. The zero-order chi connectivity index (χ0) is 19.5. The Morgan fingerprint density at radius 3 is 2.82 bits per heavy atom. The Balaban J connectivity index is 1.67. The maximum Gasteiger partial charge on any atom is 0.346 e. The lowest BCUT2D eigenvalue weighted by Gasteiger charge is -2.36. The van der Waals surface area contributed by atoms with E-state index in [0.29, 0.717) is 10.8 Å². The van der Waals surface area contributed by atoms with Crippen LogP contribution in [0.1, 0.15) is 59.5 Å². The molecule has 1 N–H and O–H groups in total. The molecule has 1 aliphatic heterocycles. The first-order valence-corrected chi connectivity index (χ1v) is 11.9. The van der Waals surface area contributed by atoms with E-state index in [4.69, 9.17) is 0 Å². The van der Waals surface area contributed by atoms with E-state index in [1.807, 2.05) is 18.3 Å². The van der Waals surface area contributed by atoms with Crippen molar-refractivity contribution in [2.24, 2.45) is 5.92 Å². The Kier molecular flexibility index (Phi) is 6.48. The molecular formula is C22H25IN2O2S. The lowest BCUT2D eigenvalue weighted by atomic mass is 9.78. The summed E-state index contributed by atoms with van der Waals surface area (Å²) >= 11 is 3.65. The van der Waals surface area contributed by atoms with Crippen molar-refractivity contribution >= 4 is 45.5 Å². The van der Waals surface area contributed by atoms with Gasteiger partial charge < -0.3 is 5.11 Å². The molecule has 0 aromatic carbocycles. The van der Waals surface area contributed by atoms with Gasteiger partial charge in [-0.25, -0.2) is 4.79 Å². The van der Waals surface area contributed by atoms with E-state index in [1.165, 1.54) is 54.6 Å². The normalized spacial score (nSPS) is 19.2. The van der Waals surface area contributed by atoms with Gasteiger partial charge in [-0.05, 0) is 77.1 Å². The van der Waals surface area contributed by atoms with Gasteiger partial charge in [-0.15, -0.1) is 11.3 Å². The van der Waals surface area contributed by atoms with Crippen molar-refractivity contribution in [3.63, 3.8) is 0 Å². The number of hydrogen-bond donors (Lipinski definition) is 1. The SMILES string of the molecule is O=C(O)c1sc(I)cc1C1=C(C2CCCCC2)CN(Cc2ccccn2)CC1. The standard InChI is InChI=1S/C22H25IN2O2S/c23-20-12-18(21(28-20)22(26)27)17-9-11-25(13-16-8-4-5-10-24-16)14-19(17)15-6-2-1-3-7-15/h4-5,8,10,12,15H,1-3,6-7,9,11,13-14H2,(H,26,27). The van der Waals surface area contributed by atoms with Gasteiger partial charge in [0.25, 0.3) is 0 Å². The van der Waals surface area contributed by atoms with E-state index in [2.05, 4.69) is 44.6 Å². The summed E-state index contributed by atoms with van der Waals surface area (Å²) in [5, 5.41) is 9.72. The molecule has 4 rings (SSSR count). The summed E-state index contributed by atoms with van der Waals surface area (Å²) in [6.07, 6.45) is 9.15. The molecule has 28 heavy (non-hydrogen) atoms. The summed E-state index contributed by atoms with van der Waals surface area (Å²) in [5.74, 6) is -0.205. The first-order valence-electron chi connectivity index (χ1n) is 9.99. The Bertz CT molecular complexity index is 872. The second kappa shape index (κ2) is 9.05. The van der Waals surface area contributed by atoms with Gasteiger partial charge in [-0.1, -0.05) is 25.3 Å². The van der Waals surface area contributed by atoms with Crippen LogP contribution in [0.5, 0.6) is 0 Å².